The molecule has 0 aliphatic carbocycles. The van der Waals surface area contributed by atoms with Crippen LogP contribution in [0, 0.1) is 13.8 Å². The highest BCUT2D eigenvalue weighted by Gasteiger charge is 2.52. The van der Waals surface area contributed by atoms with Gasteiger partial charge in [0.15, 0.2) is 0 Å². The van der Waals surface area contributed by atoms with E-state index in [2.05, 4.69) is 15.3 Å². The summed E-state index contributed by atoms with van der Waals surface area (Å²) in [5.41, 5.74) is 2.55. The predicted molar refractivity (Wildman–Crippen MR) is 154 cm³/mol. The second kappa shape index (κ2) is 11.8. The van der Waals surface area contributed by atoms with E-state index in [0.717, 1.165) is 5.56 Å². The SMILES string of the molecule is COC(=O)c1ccc(CN2C(=O)CN[C@](c3ccccc3)(C(Oc3nc(C)cc(C)n3)C(=O)O)c3ccccc32)cc1. The number of aromatic nitrogens is 2. The normalized spacial score (nSPS) is 17.1. The van der Waals surface area contributed by atoms with Crippen LogP contribution in [-0.2, 0) is 26.4 Å². The fraction of sp³-hybridized carbons (Fsp3) is 0.219. The molecule has 0 saturated heterocycles. The number of rotatable bonds is 8. The summed E-state index contributed by atoms with van der Waals surface area (Å²) in [5.74, 6) is -1.99. The first-order valence-electron chi connectivity index (χ1n) is 13.3. The lowest BCUT2D eigenvalue weighted by Gasteiger charge is -2.39. The van der Waals surface area contributed by atoms with E-state index in [0.29, 0.717) is 33.8 Å². The third kappa shape index (κ3) is 5.44. The molecule has 10 heteroatoms. The Kier molecular flexibility index (Phi) is 7.99. The smallest absolute Gasteiger partial charge is 0.347 e. The number of nitrogens with one attached hydrogen (secondary N) is 1. The molecule has 5 rings (SSSR count). The summed E-state index contributed by atoms with van der Waals surface area (Å²) in [6.45, 7) is 3.54. The number of amides is 1. The number of methoxy groups -OCH3 is 1. The highest BCUT2D eigenvalue weighted by Crippen LogP contribution is 2.42. The molecule has 0 radical (unpaired) electrons. The summed E-state index contributed by atoms with van der Waals surface area (Å²) >= 11 is 0. The van der Waals surface area contributed by atoms with Gasteiger partial charge in [0.1, 0.15) is 5.54 Å². The van der Waals surface area contributed by atoms with Crippen LogP contribution in [0.5, 0.6) is 6.01 Å². The zero-order valence-corrected chi connectivity index (χ0v) is 23.4. The fourth-order valence-corrected chi connectivity index (χ4v) is 5.32. The van der Waals surface area contributed by atoms with Crippen molar-refractivity contribution in [1.82, 2.24) is 15.3 Å². The average Bonchev–Trinajstić information content (AvgIpc) is 3.11. The zero-order valence-electron chi connectivity index (χ0n) is 23.4. The minimum Gasteiger partial charge on any atom is -0.478 e. The maximum atomic E-state index is 13.7. The number of carbonyl (C=O) groups excluding carboxylic acids is 2. The number of fused-ring (bicyclic) bond motifs is 1. The van der Waals surface area contributed by atoms with E-state index < -0.39 is 23.6 Å². The van der Waals surface area contributed by atoms with Crippen LogP contribution in [0.25, 0.3) is 0 Å². The van der Waals surface area contributed by atoms with Gasteiger partial charge < -0.3 is 19.5 Å². The number of aryl methyl sites for hydroxylation is 2. The number of esters is 1. The van der Waals surface area contributed by atoms with Gasteiger partial charge in [-0.25, -0.2) is 19.6 Å². The van der Waals surface area contributed by atoms with Crippen LogP contribution >= 0.6 is 0 Å². The van der Waals surface area contributed by atoms with Gasteiger partial charge in [-0.15, -0.1) is 0 Å². The van der Waals surface area contributed by atoms with Crippen LogP contribution in [0.3, 0.4) is 0 Å². The number of aliphatic carboxylic acids is 1. The van der Waals surface area contributed by atoms with Crippen molar-refractivity contribution in [3.8, 4) is 6.01 Å². The van der Waals surface area contributed by atoms with Crippen molar-refractivity contribution in [2.45, 2.75) is 32.0 Å². The van der Waals surface area contributed by atoms with Crippen molar-refractivity contribution in [2.75, 3.05) is 18.6 Å². The van der Waals surface area contributed by atoms with Crippen LogP contribution in [0.1, 0.15) is 38.4 Å². The van der Waals surface area contributed by atoms with E-state index in [1.54, 1.807) is 97.6 Å². The van der Waals surface area contributed by atoms with Crippen molar-refractivity contribution < 1.29 is 29.0 Å². The molecule has 1 unspecified atom stereocenters. The molecule has 10 nitrogen and oxygen atoms in total. The van der Waals surface area contributed by atoms with Gasteiger partial charge in [-0.3, -0.25) is 10.1 Å². The highest BCUT2D eigenvalue weighted by molar-refractivity contribution is 5.97. The lowest BCUT2D eigenvalue weighted by molar-refractivity contribution is -0.149. The lowest BCUT2D eigenvalue weighted by Crippen LogP contribution is -2.58. The third-order valence-corrected chi connectivity index (χ3v) is 7.19. The Morgan fingerprint density at radius 3 is 2.26 bits per heavy atom. The van der Waals surface area contributed by atoms with Crippen molar-refractivity contribution in [2.24, 2.45) is 0 Å². The van der Waals surface area contributed by atoms with E-state index in [1.165, 1.54) is 7.11 Å². The van der Waals surface area contributed by atoms with E-state index in [9.17, 15) is 19.5 Å². The lowest BCUT2D eigenvalue weighted by atomic mass is 9.77. The van der Waals surface area contributed by atoms with E-state index in [-0.39, 0.29) is 25.0 Å². The summed E-state index contributed by atoms with van der Waals surface area (Å²) < 4.78 is 10.9. The van der Waals surface area contributed by atoms with Gasteiger partial charge >= 0.3 is 17.9 Å². The van der Waals surface area contributed by atoms with Gasteiger partial charge in [0, 0.05) is 22.6 Å². The Morgan fingerprint density at radius 1 is 0.976 bits per heavy atom. The number of nitrogens with zero attached hydrogens (tertiary/aromatic N) is 3. The van der Waals surface area contributed by atoms with Crippen molar-refractivity contribution in [3.05, 3.63) is 119 Å². The maximum Gasteiger partial charge on any atom is 0.347 e. The topological polar surface area (TPSA) is 131 Å². The van der Waals surface area contributed by atoms with Crippen LogP contribution in [0.2, 0.25) is 0 Å². The average molecular weight is 567 g/mol. The van der Waals surface area contributed by atoms with Crippen molar-refractivity contribution in [3.63, 3.8) is 0 Å². The third-order valence-electron chi connectivity index (χ3n) is 7.19. The standard InChI is InChI=1S/C32H30N4O6/c1-20-17-21(2)35-31(34-20)42-28(29(38)39)32(24-9-5-4-6-10-24)25-11-7-8-12-26(25)36(27(37)18-33-32)19-22-13-15-23(16-14-22)30(40)41-3/h4-17,28,33H,18-19H2,1-3H3,(H,38,39)/t28?,32-/m0/s1. The first kappa shape index (κ1) is 28.4. The Morgan fingerprint density at radius 2 is 1.62 bits per heavy atom. The second-order valence-electron chi connectivity index (χ2n) is 9.98. The molecule has 1 aromatic heterocycles. The number of carboxylic acid groups (broad SMARTS) is 1. The molecule has 0 bridgehead atoms. The molecule has 214 valence electrons. The number of anilines is 1. The molecule has 1 amide bonds. The first-order chi connectivity index (χ1) is 20.2. The predicted octanol–water partition coefficient (Wildman–Crippen LogP) is 3.79. The summed E-state index contributed by atoms with van der Waals surface area (Å²) in [4.78, 5) is 49.0. The Balaban J connectivity index is 1.66. The minimum absolute atomic E-state index is 0.0763. The molecular formula is C32H30N4O6. The largest absolute Gasteiger partial charge is 0.478 e. The monoisotopic (exact) mass is 566 g/mol. The van der Waals surface area contributed by atoms with Crippen molar-refractivity contribution in [1.29, 1.82) is 0 Å². The van der Waals surface area contributed by atoms with E-state index >= 15 is 0 Å². The number of para-hydroxylation sites is 1. The molecule has 0 fully saturated rings. The molecule has 0 spiro atoms. The van der Waals surface area contributed by atoms with Crippen LogP contribution in [0.4, 0.5) is 5.69 Å². The Bertz CT molecular complexity index is 1610. The quantitative estimate of drug-likeness (QED) is 0.306. The molecule has 2 heterocycles. The zero-order chi connectivity index (χ0) is 29.9. The molecule has 42 heavy (non-hydrogen) atoms. The minimum atomic E-state index is -1.56. The first-order valence-corrected chi connectivity index (χ1v) is 13.3. The van der Waals surface area contributed by atoms with Gasteiger partial charge in [0.2, 0.25) is 12.0 Å². The molecule has 3 aromatic carbocycles. The summed E-state index contributed by atoms with van der Waals surface area (Å²) in [6, 6.07) is 24.7. The fourth-order valence-electron chi connectivity index (χ4n) is 5.32. The van der Waals surface area contributed by atoms with Crippen molar-refractivity contribution >= 4 is 23.5 Å². The van der Waals surface area contributed by atoms with Crippen LogP contribution in [0.15, 0.2) is 84.9 Å². The number of carbonyl (C=O) groups is 3. The second-order valence-corrected chi connectivity index (χ2v) is 9.98. The molecule has 2 atom stereocenters. The number of ether oxygens (including phenoxy) is 2. The molecule has 4 aromatic rings. The summed E-state index contributed by atoms with van der Waals surface area (Å²) in [6.07, 6.45) is -1.56. The molecule has 1 aliphatic heterocycles. The molecule has 1 aliphatic rings. The van der Waals surface area contributed by atoms with Gasteiger partial charge in [0.25, 0.3) is 0 Å². The Labute approximate surface area is 243 Å². The molecule has 2 N–H and O–H groups in total. The van der Waals surface area contributed by atoms with Gasteiger partial charge in [-0.2, -0.15) is 0 Å². The van der Waals surface area contributed by atoms with Gasteiger partial charge in [-0.05, 0) is 49.2 Å². The van der Waals surface area contributed by atoms with Gasteiger partial charge in [0.05, 0.1) is 25.8 Å². The number of hydrogen-bond acceptors (Lipinski definition) is 8. The Hall–Kier alpha value is -5.09. The number of carboxylic acids is 1. The van der Waals surface area contributed by atoms with Gasteiger partial charge in [-0.1, -0.05) is 60.7 Å². The van der Waals surface area contributed by atoms with E-state index in [4.69, 9.17) is 9.47 Å². The van der Waals surface area contributed by atoms with Crippen LogP contribution < -0.4 is 15.0 Å². The highest BCUT2D eigenvalue weighted by atomic mass is 16.5. The van der Waals surface area contributed by atoms with E-state index in [1.807, 2.05) is 6.07 Å². The number of hydrogen-bond donors (Lipinski definition) is 2. The summed E-state index contributed by atoms with van der Waals surface area (Å²) in [5, 5.41) is 14.0. The number of benzene rings is 3. The molecule has 0 saturated carbocycles. The van der Waals surface area contributed by atoms with Crippen LogP contribution in [-0.4, -0.2) is 52.7 Å². The molecular weight excluding hydrogens is 536 g/mol. The maximum absolute atomic E-state index is 13.7. The summed E-state index contributed by atoms with van der Waals surface area (Å²) in [7, 11) is 1.31.